The molecular weight excluding hydrogens is 304 g/mol. The van der Waals surface area contributed by atoms with Crippen LogP contribution in [0, 0.1) is 0 Å². The van der Waals surface area contributed by atoms with E-state index in [0.717, 1.165) is 4.31 Å². The van der Waals surface area contributed by atoms with Gasteiger partial charge in [0.1, 0.15) is 10.7 Å². The van der Waals surface area contributed by atoms with Gasteiger partial charge in [-0.25, -0.2) is 27.7 Å². The van der Waals surface area contributed by atoms with Gasteiger partial charge in [0.15, 0.2) is 9.84 Å². The molecule has 0 saturated carbocycles. The summed E-state index contributed by atoms with van der Waals surface area (Å²) in [5, 5.41) is 0. The molecule has 0 bridgehead atoms. The molecule has 3 N–H and O–H groups in total. The van der Waals surface area contributed by atoms with Crippen LogP contribution in [0.25, 0.3) is 0 Å². The number of nitrogens with zero attached hydrogens (tertiary/aromatic N) is 2. The first-order chi connectivity index (χ1) is 9.26. The van der Waals surface area contributed by atoms with Crippen molar-refractivity contribution in [1.82, 2.24) is 9.29 Å². The minimum Gasteiger partial charge on any atom is -0.308 e. The smallest absolute Gasteiger partial charge is 0.244 e. The van der Waals surface area contributed by atoms with Crippen LogP contribution in [0.15, 0.2) is 23.2 Å². The van der Waals surface area contributed by atoms with Crippen LogP contribution in [0.3, 0.4) is 0 Å². The normalized spacial score (nSPS) is 22.1. The molecule has 10 heteroatoms. The number of aromatic nitrogens is 1. The summed E-state index contributed by atoms with van der Waals surface area (Å²) in [4.78, 5) is 3.84. The summed E-state index contributed by atoms with van der Waals surface area (Å²) < 4.78 is 48.7. The summed E-state index contributed by atoms with van der Waals surface area (Å²) >= 11 is 0. The maximum absolute atomic E-state index is 12.4. The summed E-state index contributed by atoms with van der Waals surface area (Å²) in [6, 6.07) is 2.28. The first kappa shape index (κ1) is 15.2. The third kappa shape index (κ3) is 2.92. The van der Waals surface area contributed by atoms with Crippen LogP contribution in [0.2, 0.25) is 0 Å². The fraction of sp³-hybridized carbons (Fsp3) is 0.500. The highest BCUT2D eigenvalue weighted by molar-refractivity contribution is 7.92. The molecule has 20 heavy (non-hydrogen) atoms. The molecule has 0 aliphatic carbocycles. The fourth-order valence-corrected chi connectivity index (χ4v) is 5.24. The Labute approximate surface area is 117 Å². The Balaban J connectivity index is 2.25. The predicted octanol–water partition coefficient (Wildman–Crippen LogP) is -0.825. The van der Waals surface area contributed by atoms with Crippen molar-refractivity contribution in [3.8, 4) is 0 Å². The van der Waals surface area contributed by atoms with E-state index in [4.69, 9.17) is 5.84 Å². The quantitative estimate of drug-likeness (QED) is 0.548. The second kappa shape index (κ2) is 5.28. The Morgan fingerprint density at radius 3 is 2.60 bits per heavy atom. The molecule has 1 unspecified atom stereocenters. The number of hydrogen-bond acceptors (Lipinski definition) is 7. The number of nitrogens with two attached hydrogens (primary N) is 1. The van der Waals surface area contributed by atoms with Crippen LogP contribution in [0.4, 0.5) is 5.82 Å². The van der Waals surface area contributed by atoms with Gasteiger partial charge >= 0.3 is 0 Å². The zero-order chi connectivity index (χ0) is 15.0. The number of nitrogens with one attached hydrogen (secondary N) is 1. The lowest BCUT2D eigenvalue weighted by atomic mass is 10.3. The van der Waals surface area contributed by atoms with Crippen LogP contribution in [-0.2, 0) is 19.9 Å². The molecule has 1 aliphatic heterocycles. The Morgan fingerprint density at radius 2 is 2.15 bits per heavy atom. The molecule has 112 valence electrons. The van der Waals surface area contributed by atoms with Gasteiger partial charge in [-0.3, -0.25) is 0 Å². The third-order valence-electron chi connectivity index (χ3n) is 3.28. The average Bonchev–Trinajstić information content (AvgIpc) is 2.78. The van der Waals surface area contributed by atoms with Gasteiger partial charge in [-0.05, 0) is 18.6 Å². The molecule has 1 atom stereocenters. The highest BCUT2D eigenvalue weighted by atomic mass is 32.2. The van der Waals surface area contributed by atoms with Gasteiger partial charge in [-0.1, -0.05) is 0 Å². The molecule has 0 amide bonds. The van der Waals surface area contributed by atoms with Crippen molar-refractivity contribution in [2.24, 2.45) is 5.84 Å². The van der Waals surface area contributed by atoms with Crippen molar-refractivity contribution in [2.75, 3.05) is 24.0 Å². The topological polar surface area (TPSA) is 122 Å². The largest absolute Gasteiger partial charge is 0.308 e. The molecule has 1 aliphatic rings. The van der Waals surface area contributed by atoms with E-state index in [1.54, 1.807) is 0 Å². The summed E-state index contributed by atoms with van der Waals surface area (Å²) in [6.07, 6.45) is 1.50. The van der Waals surface area contributed by atoms with Crippen LogP contribution in [0.5, 0.6) is 0 Å². The lowest BCUT2D eigenvalue weighted by Gasteiger charge is -2.22. The van der Waals surface area contributed by atoms with Gasteiger partial charge in [0.05, 0.1) is 11.5 Å². The Bertz CT molecular complexity index is 684. The SMILES string of the molecule is CN(C1CCS(=O)(=O)C1)S(=O)(=O)c1ccc(NN)nc1. The number of anilines is 1. The summed E-state index contributed by atoms with van der Waals surface area (Å²) in [5.41, 5.74) is 2.30. The van der Waals surface area contributed by atoms with Crippen LogP contribution < -0.4 is 11.3 Å². The number of sulfonamides is 1. The van der Waals surface area contributed by atoms with Crippen LogP contribution in [-0.4, -0.2) is 50.7 Å². The first-order valence-electron chi connectivity index (χ1n) is 5.87. The van der Waals surface area contributed by atoms with Gasteiger partial charge in [-0.15, -0.1) is 0 Å². The van der Waals surface area contributed by atoms with Crippen LogP contribution in [0.1, 0.15) is 6.42 Å². The van der Waals surface area contributed by atoms with E-state index >= 15 is 0 Å². The average molecular weight is 320 g/mol. The maximum Gasteiger partial charge on any atom is 0.244 e. The summed E-state index contributed by atoms with van der Waals surface area (Å²) in [6.45, 7) is 0. The van der Waals surface area contributed by atoms with Gasteiger partial charge in [-0.2, -0.15) is 4.31 Å². The van der Waals surface area contributed by atoms with Crippen molar-refractivity contribution >= 4 is 25.7 Å². The zero-order valence-corrected chi connectivity index (χ0v) is 12.5. The summed E-state index contributed by atoms with van der Waals surface area (Å²) in [7, 11) is -5.52. The number of nitrogen functional groups attached to an aromatic ring is 1. The second-order valence-electron chi connectivity index (χ2n) is 4.60. The van der Waals surface area contributed by atoms with Crippen molar-refractivity contribution in [3.63, 3.8) is 0 Å². The molecule has 1 aromatic heterocycles. The molecule has 2 heterocycles. The second-order valence-corrected chi connectivity index (χ2v) is 8.83. The standard InChI is InChI=1S/C10H16N4O4S2/c1-14(8-4-5-19(15,16)7-8)20(17,18)9-2-3-10(13-11)12-6-9/h2-3,6,8H,4-5,7,11H2,1H3,(H,12,13). The number of sulfone groups is 1. The lowest BCUT2D eigenvalue weighted by Crippen LogP contribution is -2.37. The van der Waals surface area contributed by atoms with Crippen molar-refractivity contribution in [3.05, 3.63) is 18.3 Å². The van der Waals surface area contributed by atoms with Crippen molar-refractivity contribution < 1.29 is 16.8 Å². The third-order valence-corrected chi connectivity index (χ3v) is 6.93. The zero-order valence-electron chi connectivity index (χ0n) is 10.9. The lowest BCUT2D eigenvalue weighted by molar-refractivity contribution is 0.394. The Kier molecular flexibility index (Phi) is 4.00. The monoisotopic (exact) mass is 320 g/mol. The molecule has 1 aromatic rings. The van der Waals surface area contributed by atoms with Gasteiger partial charge in [0.25, 0.3) is 0 Å². The minimum absolute atomic E-state index is 0.00305. The van der Waals surface area contributed by atoms with E-state index < -0.39 is 25.9 Å². The first-order valence-corrected chi connectivity index (χ1v) is 9.13. The molecule has 0 radical (unpaired) electrons. The van der Waals surface area contributed by atoms with E-state index in [9.17, 15) is 16.8 Å². The Hall–Kier alpha value is -1.23. The van der Waals surface area contributed by atoms with Crippen molar-refractivity contribution in [2.45, 2.75) is 17.4 Å². The van der Waals surface area contributed by atoms with Gasteiger partial charge in [0, 0.05) is 19.3 Å². The van der Waals surface area contributed by atoms with Gasteiger partial charge in [0.2, 0.25) is 10.0 Å². The highest BCUT2D eigenvalue weighted by Crippen LogP contribution is 2.23. The van der Waals surface area contributed by atoms with E-state index in [1.807, 2.05) is 0 Å². The molecular formula is C10H16N4O4S2. The summed E-state index contributed by atoms with van der Waals surface area (Å²) in [5.74, 6) is 5.38. The molecule has 8 nitrogen and oxygen atoms in total. The van der Waals surface area contributed by atoms with Crippen molar-refractivity contribution in [1.29, 1.82) is 0 Å². The number of pyridine rings is 1. The minimum atomic E-state index is -3.76. The molecule has 1 fully saturated rings. The fourth-order valence-electron chi connectivity index (χ4n) is 2.04. The maximum atomic E-state index is 12.4. The highest BCUT2D eigenvalue weighted by Gasteiger charge is 2.36. The predicted molar refractivity (Wildman–Crippen MR) is 74.1 cm³/mol. The van der Waals surface area contributed by atoms with E-state index in [-0.39, 0.29) is 16.4 Å². The molecule has 0 spiro atoms. The molecule has 2 rings (SSSR count). The van der Waals surface area contributed by atoms with E-state index in [2.05, 4.69) is 10.4 Å². The van der Waals surface area contributed by atoms with Crippen LogP contribution >= 0.6 is 0 Å². The number of rotatable bonds is 4. The van der Waals surface area contributed by atoms with Gasteiger partial charge < -0.3 is 5.43 Å². The number of hydrazine groups is 1. The Morgan fingerprint density at radius 1 is 1.45 bits per heavy atom. The molecule has 1 saturated heterocycles. The number of hydrogen-bond donors (Lipinski definition) is 2. The molecule has 0 aromatic carbocycles. The van der Waals surface area contributed by atoms with E-state index in [1.165, 1.54) is 25.4 Å². The van der Waals surface area contributed by atoms with E-state index in [0.29, 0.717) is 12.2 Å².